The number of unbranched alkanes of at least 4 members (excludes halogenated alkanes) is 2. The molecule has 0 amide bonds. The highest BCUT2D eigenvalue weighted by Crippen LogP contribution is 2.33. The van der Waals surface area contributed by atoms with Gasteiger partial charge >= 0.3 is 5.97 Å². The van der Waals surface area contributed by atoms with Gasteiger partial charge in [0.15, 0.2) is 5.16 Å². The number of methoxy groups -OCH3 is 1. The quantitative estimate of drug-likeness (QED) is 0.213. The minimum atomic E-state index is -0.162. The first-order chi connectivity index (χ1) is 16.1. The van der Waals surface area contributed by atoms with E-state index in [1.54, 1.807) is 6.20 Å². The van der Waals surface area contributed by atoms with E-state index in [1.807, 2.05) is 36.4 Å². The van der Waals surface area contributed by atoms with Crippen molar-refractivity contribution in [3.8, 4) is 11.4 Å². The summed E-state index contributed by atoms with van der Waals surface area (Å²) in [5.74, 6) is 0.642. The van der Waals surface area contributed by atoms with Crippen LogP contribution in [0.15, 0.2) is 77.0 Å². The number of nitrogens with zero attached hydrogens (tertiary/aromatic N) is 3. The molecule has 0 aliphatic carbocycles. The molecule has 0 radical (unpaired) electrons. The maximum Gasteiger partial charge on any atom is 0.305 e. The van der Waals surface area contributed by atoms with Gasteiger partial charge in [0.25, 0.3) is 0 Å². The van der Waals surface area contributed by atoms with Crippen LogP contribution in [0.4, 0.5) is 0 Å². The summed E-state index contributed by atoms with van der Waals surface area (Å²) in [6, 6.07) is 20.3. The zero-order chi connectivity index (χ0) is 23.0. The molecule has 0 atom stereocenters. The lowest BCUT2D eigenvalue weighted by Crippen LogP contribution is -2.01. The van der Waals surface area contributed by atoms with Crippen molar-refractivity contribution in [2.45, 2.75) is 42.8 Å². The van der Waals surface area contributed by atoms with Crippen molar-refractivity contribution in [1.82, 2.24) is 14.5 Å². The van der Waals surface area contributed by atoms with Crippen LogP contribution in [0.2, 0.25) is 0 Å². The van der Waals surface area contributed by atoms with Crippen LogP contribution in [-0.2, 0) is 9.53 Å². The summed E-state index contributed by atoms with van der Waals surface area (Å²) in [6.07, 6.45) is 4.85. The number of hydrogen-bond donors (Lipinski definition) is 0. The fraction of sp³-hybridized carbons (Fsp3) is 0.269. The number of pyridine rings is 1. The Labute approximate surface area is 198 Å². The van der Waals surface area contributed by atoms with E-state index in [4.69, 9.17) is 9.72 Å². The monoisotopic (exact) mass is 461 g/mol. The molecule has 0 fully saturated rings. The molecule has 0 aliphatic heterocycles. The number of carbonyl (C=O) groups is 1. The Morgan fingerprint density at radius 2 is 1.88 bits per heavy atom. The lowest BCUT2D eigenvalue weighted by Gasteiger charge is -2.10. The SMILES string of the molecule is COC(=O)CCCCCOc1ccc2nc(Sc3ccccn3)n(-c3ccc(C)cc3)c2c1. The molecule has 7 heteroatoms. The average molecular weight is 462 g/mol. The summed E-state index contributed by atoms with van der Waals surface area (Å²) >= 11 is 1.54. The van der Waals surface area contributed by atoms with Gasteiger partial charge in [0, 0.05) is 24.4 Å². The fourth-order valence-electron chi connectivity index (χ4n) is 3.48. The molecule has 4 aromatic rings. The highest BCUT2D eigenvalue weighted by Gasteiger charge is 2.15. The van der Waals surface area contributed by atoms with Gasteiger partial charge in [0.05, 0.1) is 24.8 Å². The number of hydrogen-bond acceptors (Lipinski definition) is 6. The van der Waals surface area contributed by atoms with Crippen molar-refractivity contribution in [3.63, 3.8) is 0 Å². The number of aryl methyl sites for hydroxylation is 1. The smallest absolute Gasteiger partial charge is 0.305 e. The Morgan fingerprint density at radius 1 is 1.03 bits per heavy atom. The zero-order valence-corrected chi connectivity index (χ0v) is 19.7. The first-order valence-electron chi connectivity index (χ1n) is 11.0. The maximum atomic E-state index is 11.2. The van der Waals surface area contributed by atoms with Crippen LogP contribution in [0, 0.1) is 6.92 Å². The van der Waals surface area contributed by atoms with Gasteiger partial charge in [0.1, 0.15) is 10.8 Å². The summed E-state index contributed by atoms with van der Waals surface area (Å²) in [5, 5.41) is 1.75. The van der Waals surface area contributed by atoms with Crippen molar-refractivity contribution in [2.75, 3.05) is 13.7 Å². The van der Waals surface area contributed by atoms with Crippen LogP contribution in [-0.4, -0.2) is 34.2 Å². The largest absolute Gasteiger partial charge is 0.494 e. The molecule has 0 bridgehead atoms. The minimum absolute atomic E-state index is 0.162. The summed E-state index contributed by atoms with van der Waals surface area (Å²) in [7, 11) is 1.42. The number of rotatable bonds is 10. The molecule has 2 heterocycles. The molecule has 0 saturated heterocycles. The van der Waals surface area contributed by atoms with Crippen molar-refractivity contribution in [2.24, 2.45) is 0 Å². The van der Waals surface area contributed by atoms with Gasteiger partial charge in [-0.2, -0.15) is 0 Å². The molecule has 4 rings (SSSR count). The van der Waals surface area contributed by atoms with E-state index in [0.29, 0.717) is 13.0 Å². The van der Waals surface area contributed by atoms with Gasteiger partial charge in [-0.15, -0.1) is 0 Å². The molecule has 2 aromatic carbocycles. The summed E-state index contributed by atoms with van der Waals surface area (Å²) < 4.78 is 12.8. The van der Waals surface area contributed by atoms with E-state index in [2.05, 4.69) is 45.5 Å². The van der Waals surface area contributed by atoms with Gasteiger partial charge in [-0.1, -0.05) is 23.8 Å². The third-order valence-corrected chi connectivity index (χ3v) is 6.15. The molecule has 0 unspecified atom stereocenters. The number of ether oxygens (including phenoxy) is 2. The molecule has 170 valence electrons. The third-order valence-electron chi connectivity index (χ3n) is 5.24. The summed E-state index contributed by atoms with van der Waals surface area (Å²) in [4.78, 5) is 20.5. The Bertz CT molecular complexity index is 1210. The minimum Gasteiger partial charge on any atom is -0.494 e. The number of benzene rings is 2. The van der Waals surface area contributed by atoms with Crippen LogP contribution in [0.5, 0.6) is 5.75 Å². The highest BCUT2D eigenvalue weighted by molar-refractivity contribution is 7.99. The first-order valence-corrected chi connectivity index (χ1v) is 11.8. The van der Waals surface area contributed by atoms with Gasteiger partial charge in [-0.25, -0.2) is 9.97 Å². The molecular weight excluding hydrogens is 434 g/mol. The van der Waals surface area contributed by atoms with Crippen LogP contribution in [0.3, 0.4) is 0 Å². The third kappa shape index (κ3) is 5.93. The van der Waals surface area contributed by atoms with E-state index in [-0.39, 0.29) is 5.97 Å². The highest BCUT2D eigenvalue weighted by atomic mass is 32.2. The van der Waals surface area contributed by atoms with Gasteiger partial charge in [-0.05, 0) is 74.3 Å². The predicted octanol–water partition coefficient (Wildman–Crippen LogP) is 5.99. The number of esters is 1. The Kier molecular flexibility index (Phi) is 7.62. The molecular formula is C26H27N3O3S. The van der Waals surface area contributed by atoms with Crippen molar-refractivity contribution in [3.05, 3.63) is 72.4 Å². The molecule has 0 aliphatic rings. The number of aromatic nitrogens is 3. The summed E-state index contributed by atoms with van der Waals surface area (Å²) in [6.45, 7) is 2.68. The Hall–Kier alpha value is -3.32. The number of imidazole rings is 1. The molecule has 33 heavy (non-hydrogen) atoms. The first kappa shape index (κ1) is 22.9. The second kappa shape index (κ2) is 11.0. The topological polar surface area (TPSA) is 66.2 Å². The number of carbonyl (C=O) groups excluding carboxylic acids is 1. The van der Waals surface area contributed by atoms with E-state index in [1.165, 1.54) is 24.4 Å². The Morgan fingerprint density at radius 3 is 2.64 bits per heavy atom. The maximum absolute atomic E-state index is 11.2. The molecule has 6 nitrogen and oxygen atoms in total. The normalized spacial score (nSPS) is 11.0. The summed E-state index contributed by atoms with van der Waals surface area (Å²) in [5.41, 5.74) is 4.14. The van der Waals surface area contributed by atoms with E-state index in [0.717, 1.165) is 51.9 Å². The van der Waals surface area contributed by atoms with Gasteiger partial charge in [0.2, 0.25) is 0 Å². The molecule has 2 aromatic heterocycles. The molecule has 0 N–H and O–H groups in total. The average Bonchev–Trinajstić information content (AvgIpc) is 3.19. The van der Waals surface area contributed by atoms with Crippen LogP contribution in [0.25, 0.3) is 16.7 Å². The second-order valence-corrected chi connectivity index (χ2v) is 8.71. The molecule has 0 spiro atoms. The van der Waals surface area contributed by atoms with E-state index in [9.17, 15) is 4.79 Å². The van der Waals surface area contributed by atoms with E-state index < -0.39 is 0 Å². The lowest BCUT2D eigenvalue weighted by atomic mass is 10.2. The molecule has 0 saturated carbocycles. The lowest BCUT2D eigenvalue weighted by molar-refractivity contribution is -0.140. The fourth-order valence-corrected chi connectivity index (χ4v) is 4.36. The Balaban J connectivity index is 1.55. The van der Waals surface area contributed by atoms with Crippen LogP contribution < -0.4 is 4.74 Å². The second-order valence-electron chi connectivity index (χ2n) is 7.72. The van der Waals surface area contributed by atoms with E-state index >= 15 is 0 Å². The zero-order valence-electron chi connectivity index (χ0n) is 18.9. The van der Waals surface area contributed by atoms with Crippen molar-refractivity contribution < 1.29 is 14.3 Å². The number of fused-ring (bicyclic) bond motifs is 1. The predicted molar refractivity (Wildman–Crippen MR) is 130 cm³/mol. The van der Waals surface area contributed by atoms with Crippen LogP contribution >= 0.6 is 11.8 Å². The van der Waals surface area contributed by atoms with Crippen molar-refractivity contribution >= 4 is 28.8 Å². The standard InChI is InChI=1S/C26H27N3O3S/c1-19-10-12-20(13-11-19)29-23-18-21(32-17-7-3-4-9-25(30)31-2)14-15-22(23)28-26(29)33-24-8-5-6-16-27-24/h5-6,8,10-16,18H,3-4,7,9,17H2,1-2H3. The van der Waals surface area contributed by atoms with Gasteiger partial charge in [-0.3, -0.25) is 9.36 Å². The van der Waals surface area contributed by atoms with Crippen molar-refractivity contribution in [1.29, 1.82) is 0 Å². The van der Waals surface area contributed by atoms with Crippen LogP contribution in [0.1, 0.15) is 31.2 Å². The van der Waals surface area contributed by atoms with Gasteiger partial charge < -0.3 is 9.47 Å².